The minimum Gasteiger partial charge on any atom is -0.139 e. The van der Waals surface area contributed by atoms with Gasteiger partial charge >= 0.3 is 0 Å². The van der Waals surface area contributed by atoms with Crippen molar-refractivity contribution in [2.24, 2.45) is 0 Å². The van der Waals surface area contributed by atoms with Crippen LogP contribution in [0.4, 0.5) is 0 Å². The fraction of sp³-hybridized carbons (Fsp3) is 0. The standard InChI is InChI=1S/C13H9P.C3H3N3/c1-2-5-11-10(4-1)7-8-13-12(11)6-3-9-14-13;1-2-4-6-5-3-1/h1-9H;1-3H. The second-order valence-electron chi connectivity index (χ2n) is 4.17. The molecule has 96 valence electrons. The Balaban J connectivity index is 0.000000170. The Bertz CT molecular complexity index is 737. The van der Waals surface area contributed by atoms with Gasteiger partial charge in [-0.25, -0.2) is 0 Å². The van der Waals surface area contributed by atoms with Crippen LogP contribution >= 0.6 is 8.19 Å². The number of hydrogen-bond acceptors (Lipinski definition) is 3. The third-order valence-corrected chi connectivity index (χ3v) is 3.91. The van der Waals surface area contributed by atoms with Crippen molar-refractivity contribution < 1.29 is 0 Å². The maximum absolute atomic E-state index is 3.42. The molecule has 4 aromatic rings. The zero-order valence-electron chi connectivity index (χ0n) is 10.7. The Morgan fingerprint density at radius 3 is 2.25 bits per heavy atom. The molecule has 0 atom stereocenters. The number of fused-ring (bicyclic) bond motifs is 3. The van der Waals surface area contributed by atoms with Gasteiger partial charge in [-0.05, 0) is 39.3 Å². The highest BCUT2D eigenvalue weighted by atomic mass is 31.0. The van der Waals surface area contributed by atoms with Gasteiger partial charge in [-0.3, -0.25) is 0 Å². The Labute approximate surface area is 118 Å². The Hall–Kier alpha value is -2.38. The van der Waals surface area contributed by atoms with E-state index < -0.39 is 0 Å². The fourth-order valence-electron chi connectivity index (χ4n) is 2.04. The summed E-state index contributed by atoms with van der Waals surface area (Å²) in [6.45, 7) is 0. The van der Waals surface area contributed by atoms with Gasteiger partial charge in [-0.2, -0.15) is 0 Å². The van der Waals surface area contributed by atoms with E-state index in [0.29, 0.717) is 0 Å². The molecule has 0 saturated carbocycles. The molecular formula is C16H12N3P. The molecule has 0 bridgehead atoms. The van der Waals surface area contributed by atoms with Crippen LogP contribution in [0.15, 0.2) is 72.8 Å². The van der Waals surface area contributed by atoms with Gasteiger partial charge in [0.2, 0.25) is 0 Å². The Morgan fingerprint density at radius 1 is 0.700 bits per heavy atom. The van der Waals surface area contributed by atoms with Gasteiger partial charge in [0.15, 0.2) is 0 Å². The van der Waals surface area contributed by atoms with Crippen LogP contribution in [-0.4, -0.2) is 15.4 Å². The molecule has 0 amide bonds. The fourth-order valence-corrected chi connectivity index (χ4v) is 2.87. The van der Waals surface area contributed by atoms with E-state index in [0.717, 1.165) is 0 Å². The summed E-state index contributed by atoms with van der Waals surface area (Å²) in [5.74, 6) is 2.18. The first-order valence-corrected chi connectivity index (χ1v) is 7.22. The van der Waals surface area contributed by atoms with Crippen molar-refractivity contribution in [3.8, 4) is 0 Å². The molecule has 0 unspecified atom stereocenters. The predicted octanol–water partition coefficient (Wildman–Crippen LogP) is 4.44. The first-order valence-electron chi connectivity index (χ1n) is 6.26. The summed E-state index contributed by atoms with van der Waals surface area (Å²) in [5.41, 5.74) is 0. The van der Waals surface area contributed by atoms with E-state index in [4.69, 9.17) is 0 Å². The average molecular weight is 277 g/mol. The lowest BCUT2D eigenvalue weighted by Crippen LogP contribution is -1.78. The van der Waals surface area contributed by atoms with Crippen molar-refractivity contribution in [2.45, 2.75) is 0 Å². The predicted molar refractivity (Wildman–Crippen MR) is 83.8 cm³/mol. The molecule has 0 aliphatic heterocycles. The van der Waals surface area contributed by atoms with E-state index in [9.17, 15) is 0 Å². The first-order chi connectivity index (χ1) is 9.95. The number of aromatic nitrogens is 3. The van der Waals surface area contributed by atoms with E-state index >= 15 is 0 Å². The van der Waals surface area contributed by atoms with Gasteiger partial charge in [0, 0.05) is 5.12 Å². The van der Waals surface area contributed by atoms with Crippen LogP contribution in [-0.2, 0) is 0 Å². The smallest absolute Gasteiger partial charge is 0.0529 e. The SMILES string of the molecule is c1ccc2c(c1)ccc1pcccc12.c1cnnnc1. The van der Waals surface area contributed by atoms with Gasteiger partial charge < -0.3 is 0 Å². The molecule has 3 nitrogen and oxygen atoms in total. The second kappa shape index (κ2) is 6.18. The maximum atomic E-state index is 3.42. The summed E-state index contributed by atoms with van der Waals surface area (Å²) in [5, 5.41) is 15.6. The van der Waals surface area contributed by atoms with Gasteiger partial charge in [0.05, 0.1) is 12.4 Å². The molecule has 20 heavy (non-hydrogen) atoms. The van der Waals surface area contributed by atoms with E-state index in [-0.39, 0.29) is 0 Å². The zero-order valence-corrected chi connectivity index (χ0v) is 11.6. The molecule has 2 aromatic carbocycles. The lowest BCUT2D eigenvalue weighted by molar-refractivity contribution is 0.865. The maximum Gasteiger partial charge on any atom is 0.0529 e. The zero-order chi connectivity index (χ0) is 13.6. The number of benzene rings is 2. The number of nitrogens with zero attached hydrogens (tertiary/aromatic N) is 3. The van der Waals surface area contributed by atoms with E-state index in [1.165, 1.54) is 29.5 Å². The summed E-state index contributed by atoms with van der Waals surface area (Å²) < 4.78 is 0. The summed E-state index contributed by atoms with van der Waals surface area (Å²) in [7, 11) is 1.31. The summed E-state index contributed by atoms with van der Waals surface area (Å²) >= 11 is 0. The normalized spacial score (nSPS) is 10.4. The molecule has 0 spiro atoms. The Morgan fingerprint density at radius 2 is 1.50 bits per heavy atom. The van der Waals surface area contributed by atoms with E-state index in [1.54, 1.807) is 18.5 Å². The molecule has 0 saturated heterocycles. The Kier molecular flexibility index (Phi) is 3.91. The van der Waals surface area contributed by atoms with Crippen LogP contribution in [0.5, 0.6) is 0 Å². The third-order valence-electron chi connectivity index (χ3n) is 2.92. The average Bonchev–Trinajstić information content (AvgIpc) is 2.57. The summed E-state index contributed by atoms with van der Waals surface area (Å²) in [6, 6.07) is 19.0. The van der Waals surface area contributed by atoms with Crippen LogP contribution in [0.2, 0.25) is 0 Å². The van der Waals surface area contributed by atoms with E-state index in [2.05, 4.69) is 69.7 Å². The molecule has 0 aliphatic rings. The highest BCUT2D eigenvalue weighted by molar-refractivity contribution is 7.36. The van der Waals surface area contributed by atoms with Gasteiger partial charge in [-0.1, -0.05) is 50.7 Å². The topological polar surface area (TPSA) is 38.7 Å². The lowest BCUT2D eigenvalue weighted by Gasteiger charge is -2.01. The molecule has 0 N–H and O–H groups in total. The lowest BCUT2D eigenvalue weighted by atomic mass is 10.1. The third kappa shape index (κ3) is 2.79. The quantitative estimate of drug-likeness (QED) is 0.446. The minimum atomic E-state index is 1.31. The highest BCUT2D eigenvalue weighted by Gasteiger charge is 1.97. The van der Waals surface area contributed by atoms with Gasteiger partial charge in [0.25, 0.3) is 0 Å². The van der Waals surface area contributed by atoms with Crippen molar-refractivity contribution in [3.05, 3.63) is 72.8 Å². The molecule has 2 aromatic heterocycles. The van der Waals surface area contributed by atoms with Crippen molar-refractivity contribution in [2.75, 3.05) is 0 Å². The van der Waals surface area contributed by atoms with Crippen molar-refractivity contribution in [1.29, 1.82) is 0 Å². The minimum absolute atomic E-state index is 1.31. The highest BCUT2D eigenvalue weighted by Crippen LogP contribution is 2.29. The van der Waals surface area contributed by atoms with Crippen LogP contribution in [0.25, 0.3) is 21.3 Å². The first kappa shape index (κ1) is 12.6. The molecule has 0 radical (unpaired) electrons. The van der Waals surface area contributed by atoms with Crippen molar-refractivity contribution in [1.82, 2.24) is 15.4 Å². The summed E-state index contributed by atoms with van der Waals surface area (Å²) in [6.07, 6.45) is 3.15. The monoisotopic (exact) mass is 277 g/mol. The molecule has 0 fully saturated rings. The van der Waals surface area contributed by atoms with Crippen molar-refractivity contribution in [3.63, 3.8) is 0 Å². The number of rotatable bonds is 0. The van der Waals surface area contributed by atoms with E-state index in [1.807, 2.05) is 0 Å². The molecule has 4 rings (SSSR count). The van der Waals surface area contributed by atoms with Gasteiger partial charge in [0.1, 0.15) is 0 Å². The van der Waals surface area contributed by atoms with Gasteiger partial charge in [-0.15, -0.1) is 10.2 Å². The van der Waals surface area contributed by atoms with Crippen LogP contribution in [0.3, 0.4) is 0 Å². The molecule has 0 aliphatic carbocycles. The van der Waals surface area contributed by atoms with Crippen LogP contribution in [0.1, 0.15) is 0 Å². The van der Waals surface area contributed by atoms with Crippen LogP contribution in [0, 0.1) is 0 Å². The number of hydrogen-bond donors (Lipinski definition) is 0. The molecular weight excluding hydrogens is 265 g/mol. The largest absolute Gasteiger partial charge is 0.139 e. The molecule has 4 heteroatoms. The van der Waals surface area contributed by atoms with Crippen LogP contribution < -0.4 is 0 Å². The second-order valence-corrected chi connectivity index (χ2v) is 5.21. The summed E-state index contributed by atoms with van der Waals surface area (Å²) in [4.78, 5) is 0. The molecule has 2 heterocycles. The van der Waals surface area contributed by atoms with Crippen molar-refractivity contribution >= 4 is 29.5 Å².